The normalized spacial score (nSPS) is 15.7. The first kappa shape index (κ1) is 21.8. The summed E-state index contributed by atoms with van der Waals surface area (Å²) in [5, 5.41) is 5.87. The molecule has 0 atom stereocenters. The fourth-order valence-electron chi connectivity index (χ4n) is 3.09. The van der Waals surface area contributed by atoms with E-state index in [-0.39, 0.29) is 23.6 Å². The van der Waals surface area contributed by atoms with Gasteiger partial charge < -0.3 is 20.1 Å². The monoisotopic (exact) mass is 388 g/mol. The van der Waals surface area contributed by atoms with E-state index in [2.05, 4.69) is 10.6 Å². The van der Waals surface area contributed by atoms with E-state index in [1.165, 1.54) is 6.42 Å². The molecule has 1 saturated carbocycles. The van der Waals surface area contributed by atoms with Crippen LogP contribution in [0.2, 0.25) is 0 Å². The van der Waals surface area contributed by atoms with E-state index in [1.54, 1.807) is 32.4 Å². The van der Waals surface area contributed by atoms with Crippen LogP contribution in [0.4, 0.5) is 0 Å². The largest absolute Gasteiger partial charge is 0.493 e. The summed E-state index contributed by atoms with van der Waals surface area (Å²) < 4.78 is 10.6. The Morgan fingerprint density at radius 2 is 1.68 bits per heavy atom. The first-order valence-electron chi connectivity index (χ1n) is 9.80. The number of carbonyl (C=O) groups excluding carboxylic acids is 2. The highest BCUT2D eigenvalue weighted by atomic mass is 16.5. The van der Waals surface area contributed by atoms with E-state index < -0.39 is 5.41 Å². The van der Waals surface area contributed by atoms with Gasteiger partial charge in [-0.05, 0) is 36.6 Å². The molecule has 0 aromatic heterocycles. The molecule has 2 amide bonds. The number of benzene rings is 1. The second-order valence-corrected chi connectivity index (χ2v) is 8.18. The van der Waals surface area contributed by atoms with Gasteiger partial charge in [0.15, 0.2) is 11.5 Å². The van der Waals surface area contributed by atoms with Crippen LogP contribution in [0.5, 0.6) is 11.5 Å². The van der Waals surface area contributed by atoms with Crippen molar-refractivity contribution >= 4 is 17.9 Å². The Labute approximate surface area is 167 Å². The summed E-state index contributed by atoms with van der Waals surface area (Å²) in [7, 11) is 3.13. The van der Waals surface area contributed by atoms with Crippen LogP contribution in [-0.2, 0) is 9.59 Å². The molecule has 1 aliphatic carbocycles. The van der Waals surface area contributed by atoms with Gasteiger partial charge in [-0.3, -0.25) is 9.59 Å². The molecule has 1 aromatic rings. The molecule has 0 unspecified atom stereocenters. The van der Waals surface area contributed by atoms with E-state index in [0.717, 1.165) is 31.2 Å². The lowest BCUT2D eigenvalue weighted by atomic mass is 9.94. The molecule has 0 heterocycles. The Balaban J connectivity index is 2.29. The van der Waals surface area contributed by atoms with Gasteiger partial charge in [-0.2, -0.15) is 0 Å². The fourth-order valence-corrected chi connectivity index (χ4v) is 3.09. The topological polar surface area (TPSA) is 76.7 Å². The van der Waals surface area contributed by atoms with Crippen LogP contribution in [0.3, 0.4) is 0 Å². The molecule has 0 bridgehead atoms. The van der Waals surface area contributed by atoms with Gasteiger partial charge in [0.25, 0.3) is 5.91 Å². The number of carbonyl (C=O) groups is 2. The Kier molecular flexibility index (Phi) is 7.49. The van der Waals surface area contributed by atoms with Crippen molar-refractivity contribution in [2.45, 2.75) is 58.9 Å². The lowest BCUT2D eigenvalue weighted by Gasteiger charge is -2.24. The third kappa shape index (κ3) is 6.01. The zero-order chi connectivity index (χ0) is 20.7. The lowest BCUT2D eigenvalue weighted by Crippen LogP contribution is -2.43. The standard InChI is InChI=1S/C22H32N2O4/c1-22(2,3)21(26)24-17(20(25)23-16-9-7-6-8-10-16)13-15-11-12-18(27-4)19(14-15)28-5/h11-14,16H,6-10H2,1-5H3,(H,23,25)(H,24,26)/b17-13+. The minimum atomic E-state index is -0.609. The van der Waals surface area contributed by atoms with Gasteiger partial charge in [-0.15, -0.1) is 0 Å². The smallest absolute Gasteiger partial charge is 0.268 e. The number of hydrogen-bond donors (Lipinski definition) is 2. The summed E-state index contributed by atoms with van der Waals surface area (Å²) in [4.78, 5) is 25.4. The molecule has 154 valence electrons. The summed E-state index contributed by atoms with van der Waals surface area (Å²) >= 11 is 0. The van der Waals surface area contributed by atoms with Gasteiger partial charge in [-0.25, -0.2) is 0 Å². The fraction of sp³-hybridized carbons (Fsp3) is 0.545. The van der Waals surface area contributed by atoms with E-state index >= 15 is 0 Å². The number of hydrogen-bond acceptors (Lipinski definition) is 4. The van der Waals surface area contributed by atoms with E-state index in [1.807, 2.05) is 26.8 Å². The average Bonchev–Trinajstić information content (AvgIpc) is 2.67. The summed E-state index contributed by atoms with van der Waals surface area (Å²) in [5.41, 5.74) is 0.361. The number of nitrogens with one attached hydrogen (secondary N) is 2. The number of amides is 2. The Morgan fingerprint density at radius 1 is 1.04 bits per heavy atom. The number of methoxy groups -OCH3 is 2. The van der Waals surface area contributed by atoms with Crippen LogP contribution in [0.25, 0.3) is 6.08 Å². The molecular weight excluding hydrogens is 356 g/mol. The Morgan fingerprint density at radius 3 is 2.25 bits per heavy atom. The molecule has 2 N–H and O–H groups in total. The van der Waals surface area contributed by atoms with Crippen molar-refractivity contribution in [2.75, 3.05) is 14.2 Å². The molecule has 28 heavy (non-hydrogen) atoms. The number of ether oxygens (including phenoxy) is 2. The van der Waals surface area contributed by atoms with Crippen molar-refractivity contribution in [2.24, 2.45) is 5.41 Å². The highest BCUT2D eigenvalue weighted by molar-refractivity contribution is 6.02. The molecular formula is C22H32N2O4. The first-order chi connectivity index (χ1) is 13.2. The van der Waals surface area contributed by atoms with Crippen LogP contribution >= 0.6 is 0 Å². The maximum absolute atomic E-state index is 12.9. The zero-order valence-electron chi connectivity index (χ0n) is 17.6. The van der Waals surface area contributed by atoms with Crippen LogP contribution in [-0.4, -0.2) is 32.1 Å². The van der Waals surface area contributed by atoms with Crippen LogP contribution < -0.4 is 20.1 Å². The molecule has 1 aromatic carbocycles. The highest BCUT2D eigenvalue weighted by Crippen LogP contribution is 2.28. The average molecular weight is 389 g/mol. The Hall–Kier alpha value is -2.50. The van der Waals surface area contributed by atoms with Gasteiger partial charge in [0.05, 0.1) is 14.2 Å². The molecule has 6 nitrogen and oxygen atoms in total. The third-order valence-corrected chi connectivity index (χ3v) is 4.83. The van der Waals surface area contributed by atoms with E-state index in [4.69, 9.17) is 9.47 Å². The summed E-state index contributed by atoms with van der Waals surface area (Å²) in [6, 6.07) is 5.52. The second kappa shape index (κ2) is 9.62. The van der Waals surface area contributed by atoms with Gasteiger partial charge >= 0.3 is 0 Å². The maximum atomic E-state index is 12.9. The molecule has 6 heteroatoms. The maximum Gasteiger partial charge on any atom is 0.268 e. The van der Waals surface area contributed by atoms with Crippen LogP contribution in [0, 0.1) is 5.41 Å². The Bertz CT molecular complexity index is 729. The first-order valence-corrected chi connectivity index (χ1v) is 9.80. The summed E-state index contributed by atoms with van der Waals surface area (Å²) in [6.07, 6.45) is 7.07. The highest BCUT2D eigenvalue weighted by Gasteiger charge is 2.25. The van der Waals surface area contributed by atoms with Crippen molar-refractivity contribution in [3.8, 4) is 11.5 Å². The third-order valence-electron chi connectivity index (χ3n) is 4.83. The predicted octanol–water partition coefficient (Wildman–Crippen LogP) is 3.66. The van der Waals surface area contributed by atoms with E-state index in [0.29, 0.717) is 11.5 Å². The summed E-state index contributed by atoms with van der Waals surface area (Å²) in [6.45, 7) is 5.44. The lowest BCUT2D eigenvalue weighted by molar-refractivity contribution is -0.129. The molecule has 0 spiro atoms. The van der Waals surface area contributed by atoms with Gasteiger partial charge in [-0.1, -0.05) is 46.1 Å². The summed E-state index contributed by atoms with van der Waals surface area (Å²) in [5.74, 6) is 0.689. The molecule has 2 rings (SSSR count). The van der Waals surface area contributed by atoms with Crippen LogP contribution in [0.15, 0.2) is 23.9 Å². The molecule has 1 aliphatic rings. The molecule has 1 fully saturated rings. The quantitative estimate of drug-likeness (QED) is 0.729. The number of rotatable bonds is 6. The minimum Gasteiger partial charge on any atom is -0.493 e. The SMILES string of the molecule is COc1ccc(/C=C(/NC(=O)C(C)(C)C)C(=O)NC2CCCCC2)cc1OC. The zero-order valence-corrected chi connectivity index (χ0v) is 17.6. The van der Waals surface area contributed by atoms with Gasteiger partial charge in [0, 0.05) is 11.5 Å². The van der Waals surface area contributed by atoms with Crippen molar-refractivity contribution in [1.29, 1.82) is 0 Å². The van der Waals surface area contributed by atoms with Gasteiger partial charge in [0.1, 0.15) is 5.70 Å². The molecule has 0 radical (unpaired) electrons. The van der Waals surface area contributed by atoms with Crippen molar-refractivity contribution in [3.63, 3.8) is 0 Å². The van der Waals surface area contributed by atoms with Crippen molar-refractivity contribution in [3.05, 3.63) is 29.5 Å². The van der Waals surface area contributed by atoms with Gasteiger partial charge in [0.2, 0.25) is 5.91 Å². The molecule has 0 aliphatic heterocycles. The van der Waals surface area contributed by atoms with E-state index in [9.17, 15) is 9.59 Å². The van der Waals surface area contributed by atoms with Crippen LogP contribution in [0.1, 0.15) is 58.4 Å². The molecule has 0 saturated heterocycles. The second-order valence-electron chi connectivity index (χ2n) is 8.18. The predicted molar refractivity (Wildman–Crippen MR) is 110 cm³/mol. The minimum absolute atomic E-state index is 0.154. The van der Waals surface area contributed by atoms with Crippen molar-refractivity contribution in [1.82, 2.24) is 10.6 Å². The van der Waals surface area contributed by atoms with Crippen molar-refractivity contribution < 1.29 is 19.1 Å².